The lowest BCUT2D eigenvalue weighted by Crippen LogP contribution is -2.24. The number of amides is 1. The van der Waals surface area contributed by atoms with Gasteiger partial charge in [0.25, 0.3) is 5.91 Å². The molecule has 152 valence electrons. The minimum absolute atomic E-state index is 0.120. The first-order valence-electron chi connectivity index (χ1n) is 9.05. The van der Waals surface area contributed by atoms with Gasteiger partial charge in [0.1, 0.15) is 0 Å². The molecular formula is C19H20N4O5S. The summed E-state index contributed by atoms with van der Waals surface area (Å²) in [5.74, 6) is 0.974. The molecule has 3 aromatic rings. The molecule has 0 aliphatic heterocycles. The summed E-state index contributed by atoms with van der Waals surface area (Å²) in [5, 5.41) is 19.8. The summed E-state index contributed by atoms with van der Waals surface area (Å²) in [5.41, 5.74) is -0.00825. The molecule has 3 rings (SSSR count). The maximum absolute atomic E-state index is 12.2. The third-order valence-corrected chi connectivity index (χ3v) is 5.07. The number of aryl methyl sites for hydroxylation is 1. The lowest BCUT2D eigenvalue weighted by Gasteiger charge is -2.06. The van der Waals surface area contributed by atoms with Crippen LogP contribution in [0.4, 0.5) is 5.69 Å². The first kappa shape index (κ1) is 20.5. The predicted molar refractivity (Wildman–Crippen MR) is 107 cm³/mol. The standard InChI is InChI=1S/C19H20N4O5S/c1-27-15-9-8-13(12-14(15)23(25)26)19(24)20-10-4-2-3-7-17-21-18(22-28-17)16-6-5-11-29-16/h5-6,8-9,11-12H,2-4,7,10H2,1H3,(H,20,24). The van der Waals surface area contributed by atoms with Gasteiger partial charge in [-0.05, 0) is 36.4 Å². The summed E-state index contributed by atoms with van der Waals surface area (Å²) in [6, 6.07) is 8.02. The Kier molecular flexibility index (Phi) is 6.90. The lowest BCUT2D eigenvalue weighted by molar-refractivity contribution is -0.385. The molecule has 0 radical (unpaired) electrons. The molecule has 0 spiro atoms. The van der Waals surface area contributed by atoms with Gasteiger partial charge in [-0.15, -0.1) is 11.3 Å². The first-order valence-corrected chi connectivity index (χ1v) is 9.93. The van der Waals surface area contributed by atoms with Crippen molar-refractivity contribution in [1.82, 2.24) is 15.5 Å². The van der Waals surface area contributed by atoms with Gasteiger partial charge in [-0.25, -0.2) is 0 Å². The van der Waals surface area contributed by atoms with Crippen LogP contribution in [0, 0.1) is 10.1 Å². The summed E-state index contributed by atoms with van der Waals surface area (Å²) < 4.78 is 10.2. The second kappa shape index (κ2) is 9.78. The van der Waals surface area contributed by atoms with Crippen LogP contribution in [-0.4, -0.2) is 34.6 Å². The van der Waals surface area contributed by atoms with Gasteiger partial charge in [-0.1, -0.05) is 17.6 Å². The summed E-state index contributed by atoms with van der Waals surface area (Å²) in [7, 11) is 1.35. The molecule has 1 aromatic carbocycles. The number of aromatic nitrogens is 2. The van der Waals surface area contributed by atoms with Gasteiger partial charge >= 0.3 is 5.69 Å². The Morgan fingerprint density at radius 1 is 1.31 bits per heavy atom. The molecule has 2 aromatic heterocycles. The van der Waals surface area contributed by atoms with Gasteiger partial charge < -0.3 is 14.6 Å². The Morgan fingerprint density at radius 3 is 2.90 bits per heavy atom. The molecule has 0 aliphatic rings. The van der Waals surface area contributed by atoms with E-state index in [9.17, 15) is 14.9 Å². The second-order valence-electron chi connectivity index (χ2n) is 6.20. The number of benzene rings is 1. The van der Waals surface area contributed by atoms with Gasteiger partial charge in [-0.2, -0.15) is 4.98 Å². The first-order chi connectivity index (χ1) is 14.1. The molecule has 0 unspecified atom stereocenters. The smallest absolute Gasteiger partial charge is 0.311 e. The van der Waals surface area contributed by atoms with Crippen LogP contribution in [0.3, 0.4) is 0 Å². The highest BCUT2D eigenvalue weighted by molar-refractivity contribution is 7.13. The van der Waals surface area contributed by atoms with Crippen LogP contribution in [0.25, 0.3) is 10.7 Å². The number of unbranched alkanes of at least 4 members (excludes halogenated alkanes) is 2. The maximum atomic E-state index is 12.2. The quantitative estimate of drug-likeness (QED) is 0.303. The molecule has 2 heterocycles. The van der Waals surface area contributed by atoms with Crippen LogP contribution in [0.2, 0.25) is 0 Å². The normalized spacial score (nSPS) is 10.7. The molecule has 0 aliphatic carbocycles. The van der Waals surface area contributed by atoms with E-state index in [0.29, 0.717) is 24.7 Å². The van der Waals surface area contributed by atoms with Crippen LogP contribution < -0.4 is 10.1 Å². The van der Waals surface area contributed by atoms with E-state index < -0.39 is 4.92 Å². The number of nitrogens with one attached hydrogen (secondary N) is 1. The van der Waals surface area contributed by atoms with Crippen molar-refractivity contribution in [3.05, 3.63) is 57.3 Å². The molecule has 0 atom stereocenters. The average Bonchev–Trinajstić information content (AvgIpc) is 3.41. The summed E-state index contributed by atoms with van der Waals surface area (Å²) in [4.78, 5) is 28.0. The molecule has 29 heavy (non-hydrogen) atoms. The molecule has 0 saturated carbocycles. The highest BCUT2D eigenvalue weighted by Gasteiger charge is 2.18. The van der Waals surface area contributed by atoms with Crippen molar-refractivity contribution in [2.75, 3.05) is 13.7 Å². The Morgan fingerprint density at radius 2 is 2.17 bits per heavy atom. The van der Waals surface area contributed by atoms with E-state index in [1.165, 1.54) is 25.3 Å². The van der Waals surface area contributed by atoms with Crippen molar-refractivity contribution >= 4 is 22.9 Å². The van der Waals surface area contributed by atoms with Crippen molar-refractivity contribution in [2.24, 2.45) is 0 Å². The third-order valence-electron chi connectivity index (χ3n) is 4.20. The average molecular weight is 416 g/mol. The number of ether oxygens (including phenoxy) is 1. The monoisotopic (exact) mass is 416 g/mol. The molecule has 0 fully saturated rings. The zero-order valence-electron chi connectivity index (χ0n) is 15.8. The number of methoxy groups -OCH3 is 1. The highest BCUT2D eigenvalue weighted by atomic mass is 32.1. The van der Waals surface area contributed by atoms with Crippen LogP contribution in [0.15, 0.2) is 40.2 Å². The fourth-order valence-electron chi connectivity index (χ4n) is 2.72. The van der Waals surface area contributed by atoms with Crippen LogP contribution >= 0.6 is 11.3 Å². The van der Waals surface area contributed by atoms with Gasteiger partial charge in [0.05, 0.1) is 16.9 Å². The van der Waals surface area contributed by atoms with Gasteiger partial charge in [0, 0.05) is 24.6 Å². The number of nitro groups is 1. The van der Waals surface area contributed by atoms with E-state index in [4.69, 9.17) is 9.26 Å². The number of hydrogen-bond acceptors (Lipinski definition) is 8. The Hall–Kier alpha value is -3.27. The highest BCUT2D eigenvalue weighted by Crippen LogP contribution is 2.27. The number of carbonyl (C=O) groups excluding carboxylic acids is 1. The second-order valence-corrected chi connectivity index (χ2v) is 7.15. The summed E-state index contributed by atoms with van der Waals surface area (Å²) in [6.07, 6.45) is 3.18. The van der Waals surface area contributed by atoms with Crippen molar-refractivity contribution in [1.29, 1.82) is 0 Å². The van der Waals surface area contributed by atoms with Crippen molar-refractivity contribution in [2.45, 2.75) is 25.7 Å². The van der Waals surface area contributed by atoms with E-state index in [1.54, 1.807) is 11.3 Å². The number of nitrogens with zero attached hydrogens (tertiary/aromatic N) is 3. The third kappa shape index (κ3) is 5.38. The fraction of sp³-hybridized carbons (Fsp3) is 0.316. The maximum Gasteiger partial charge on any atom is 0.311 e. The van der Waals surface area contributed by atoms with E-state index in [0.717, 1.165) is 24.1 Å². The lowest BCUT2D eigenvalue weighted by atomic mass is 10.1. The van der Waals surface area contributed by atoms with Crippen molar-refractivity contribution in [3.8, 4) is 16.5 Å². The fourth-order valence-corrected chi connectivity index (χ4v) is 3.37. The van der Waals surface area contributed by atoms with Gasteiger partial charge in [0.15, 0.2) is 5.75 Å². The van der Waals surface area contributed by atoms with Gasteiger partial charge in [0.2, 0.25) is 11.7 Å². The minimum atomic E-state index is -0.572. The molecule has 0 bridgehead atoms. The van der Waals surface area contributed by atoms with E-state index >= 15 is 0 Å². The largest absolute Gasteiger partial charge is 0.490 e. The van der Waals surface area contributed by atoms with Crippen molar-refractivity contribution in [3.63, 3.8) is 0 Å². The topological polar surface area (TPSA) is 120 Å². The minimum Gasteiger partial charge on any atom is -0.490 e. The van der Waals surface area contributed by atoms with Crippen LogP contribution in [0.5, 0.6) is 5.75 Å². The van der Waals surface area contributed by atoms with E-state index in [-0.39, 0.29) is 22.9 Å². The van der Waals surface area contributed by atoms with Crippen molar-refractivity contribution < 1.29 is 19.0 Å². The molecule has 0 saturated heterocycles. The predicted octanol–water partition coefficient (Wildman–Crippen LogP) is 3.86. The molecule has 10 heteroatoms. The van der Waals surface area contributed by atoms with E-state index in [2.05, 4.69) is 15.5 Å². The summed E-state index contributed by atoms with van der Waals surface area (Å²) >= 11 is 1.56. The molecule has 9 nitrogen and oxygen atoms in total. The van der Waals surface area contributed by atoms with Crippen LogP contribution in [-0.2, 0) is 6.42 Å². The number of rotatable bonds is 10. The Labute approximate surface area is 170 Å². The Bertz CT molecular complexity index is 971. The Balaban J connectivity index is 1.39. The number of hydrogen-bond donors (Lipinski definition) is 1. The number of carbonyl (C=O) groups is 1. The zero-order valence-corrected chi connectivity index (χ0v) is 16.6. The molecule has 1 amide bonds. The number of nitro benzene ring substituents is 1. The molecule has 1 N–H and O–H groups in total. The van der Waals surface area contributed by atoms with E-state index in [1.807, 2.05) is 17.5 Å². The zero-order chi connectivity index (χ0) is 20.6. The summed E-state index contributed by atoms with van der Waals surface area (Å²) in [6.45, 7) is 0.475. The SMILES string of the molecule is COc1ccc(C(=O)NCCCCCc2nc(-c3cccs3)no2)cc1[N+](=O)[O-]. The molecular weight excluding hydrogens is 396 g/mol. The number of thiophene rings is 1. The van der Waals surface area contributed by atoms with Crippen LogP contribution in [0.1, 0.15) is 35.5 Å². The van der Waals surface area contributed by atoms with Gasteiger partial charge in [-0.3, -0.25) is 14.9 Å².